The van der Waals surface area contributed by atoms with E-state index in [0.29, 0.717) is 12.6 Å². The topological polar surface area (TPSA) is 45.7 Å². The lowest BCUT2D eigenvalue weighted by Gasteiger charge is -2.41. The molecule has 0 spiro atoms. The first-order valence-corrected chi connectivity index (χ1v) is 10.1. The van der Waals surface area contributed by atoms with Crippen LogP contribution in [-0.2, 0) is 10.2 Å². The Morgan fingerprint density at radius 1 is 1.23 bits per heavy atom. The van der Waals surface area contributed by atoms with E-state index in [9.17, 15) is 4.79 Å². The van der Waals surface area contributed by atoms with Gasteiger partial charge in [0.15, 0.2) is 0 Å². The molecule has 26 heavy (non-hydrogen) atoms. The van der Waals surface area contributed by atoms with Crippen LogP contribution in [0.5, 0.6) is 0 Å². The largest absolute Gasteiger partial charge is 0.450 e. The van der Waals surface area contributed by atoms with Crippen LogP contribution < -0.4 is 0 Å². The van der Waals surface area contributed by atoms with Crippen molar-refractivity contribution in [2.75, 3.05) is 32.8 Å². The Kier molecular flexibility index (Phi) is 6.17. The van der Waals surface area contributed by atoms with Crippen LogP contribution >= 0.6 is 0 Å². The zero-order valence-electron chi connectivity index (χ0n) is 16.5. The number of ether oxygens (including phenoxy) is 1. The van der Waals surface area contributed by atoms with E-state index in [4.69, 9.17) is 9.72 Å². The minimum atomic E-state index is -0.156. The third kappa shape index (κ3) is 4.37. The average Bonchev–Trinajstić information content (AvgIpc) is 2.89. The number of rotatable bonds is 3. The molecule has 144 valence electrons. The van der Waals surface area contributed by atoms with E-state index in [2.05, 4.69) is 36.9 Å². The van der Waals surface area contributed by atoms with Gasteiger partial charge >= 0.3 is 6.09 Å². The second kappa shape index (κ2) is 8.38. The molecule has 0 N–H and O–H groups in total. The molecular formula is C21H33N3O2. The number of nitrogens with zero attached hydrogens (tertiary/aromatic N) is 3. The van der Waals surface area contributed by atoms with Gasteiger partial charge in [-0.25, -0.2) is 4.79 Å². The van der Waals surface area contributed by atoms with Crippen molar-refractivity contribution in [1.29, 1.82) is 0 Å². The van der Waals surface area contributed by atoms with Crippen molar-refractivity contribution in [3.63, 3.8) is 0 Å². The summed E-state index contributed by atoms with van der Waals surface area (Å²) in [7, 11) is 0. The first-order chi connectivity index (χ1) is 12.5. The Hall–Kier alpha value is -1.62. The molecule has 1 aliphatic carbocycles. The molecule has 1 saturated heterocycles. The van der Waals surface area contributed by atoms with Crippen LogP contribution in [0.3, 0.4) is 0 Å². The second-order valence-electron chi connectivity index (χ2n) is 8.03. The zero-order valence-corrected chi connectivity index (χ0v) is 16.5. The second-order valence-corrected chi connectivity index (χ2v) is 8.03. The van der Waals surface area contributed by atoms with Crippen LogP contribution in [0.25, 0.3) is 0 Å². The van der Waals surface area contributed by atoms with Gasteiger partial charge in [-0.05, 0) is 58.1 Å². The van der Waals surface area contributed by atoms with Crippen LogP contribution in [0, 0.1) is 6.92 Å². The minimum Gasteiger partial charge on any atom is -0.450 e. The lowest BCUT2D eigenvalue weighted by molar-refractivity contribution is 0.103. The average molecular weight is 360 g/mol. The summed E-state index contributed by atoms with van der Waals surface area (Å²) in [4.78, 5) is 21.2. The summed E-state index contributed by atoms with van der Waals surface area (Å²) in [6.07, 6.45) is 5.68. The number of hydrogen-bond acceptors (Lipinski definition) is 4. The van der Waals surface area contributed by atoms with Gasteiger partial charge in [0.2, 0.25) is 0 Å². The number of pyridine rings is 1. The van der Waals surface area contributed by atoms with Gasteiger partial charge in [-0.1, -0.05) is 13.0 Å². The van der Waals surface area contributed by atoms with Crippen molar-refractivity contribution in [2.24, 2.45) is 0 Å². The lowest BCUT2D eigenvalue weighted by Crippen LogP contribution is -2.43. The molecule has 1 saturated carbocycles. The van der Waals surface area contributed by atoms with E-state index in [1.165, 1.54) is 31.4 Å². The first-order valence-electron chi connectivity index (χ1n) is 10.1. The number of carbonyl (C=O) groups is 1. The fourth-order valence-electron chi connectivity index (χ4n) is 4.44. The Bertz CT molecular complexity index is 611. The Balaban J connectivity index is 1.55. The van der Waals surface area contributed by atoms with Crippen molar-refractivity contribution in [3.8, 4) is 0 Å². The highest BCUT2D eigenvalue weighted by molar-refractivity contribution is 5.67. The van der Waals surface area contributed by atoms with E-state index in [1.54, 1.807) is 0 Å². The first kappa shape index (κ1) is 19.2. The van der Waals surface area contributed by atoms with Crippen molar-refractivity contribution in [3.05, 3.63) is 29.6 Å². The molecule has 2 aliphatic rings. The van der Waals surface area contributed by atoms with Crippen molar-refractivity contribution in [2.45, 2.75) is 64.3 Å². The molecular weight excluding hydrogens is 326 g/mol. The van der Waals surface area contributed by atoms with Crippen LogP contribution in [0.2, 0.25) is 0 Å². The summed E-state index contributed by atoms with van der Waals surface area (Å²) in [6, 6.07) is 7.03. The maximum Gasteiger partial charge on any atom is 0.409 e. The van der Waals surface area contributed by atoms with Crippen LogP contribution in [-0.4, -0.2) is 59.7 Å². The van der Waals surface area contributed by atoms with Gasteiger partial charge in [-0.3, -0.25) is 9.88 Å². The summed E-state index contributed by atoms with van der Waals surface area (Å²) in [5.74, 6) is 0. The van der Waals surface area contributed by atoms with E-state index in [-0.39, 0.29) is 11.5 Å². The van der Waals surface area contributed by atoms with Gasteiger partial charge in [0.05, 0.1) is 6.61 Å². The lowest BCUT2D eigenvalue weighted by atomic mass is 9.71. The number of aryl methyl sites for hydroxylation is 1. The smallest absolute Gasteiger partial charge is 0.409 e. The maximum absolute atomic E-state index is 12.0. The molecule has 0 radical (unpaired) electrons. The van der Waals surface area contributed by atoms with Gasteiger partial charge < -0.3 is 9.64 Å². The SMILES string of the molecule is CCOC(=O)N1CCCN(C2CCC(C)(c3cccc(C)n3)CC2)CC1. The molecule has 2 fully saturated rings. The number of aromatic nitrogens is 1. The maximum atomic E-state index is 12.0. The normalized spacial score (nSPS) is 27.8. The van der Waals surface area contributed by atoms with E-state index in [1.807, 2.05) is 11.8 Å². The summed E-state index contributed by atoms with van der Waals surface area (Å²) < 4.78 is 5.17. The fourth-order valence-corrected chi connectivity index (χ4v) is 4.44. The Labute approximate surface area is 157 Å². The fraction of sp³-hybridized carbons (Fsp3) is 0.714. The summed E-state index contributed by atoms with van der Waals surface area (Å²) in [6.45, 7) is 10.4. The predicted octanol–water partition coefficient (Wildman–Crippen LogP) is 3.75. The molecule has 2 heterocycles. The van der Waals surface area contributed by atoms with E-state index in [0.717, 1.165) is 38.3 Å². The molecule has 5 nitrogen and oxygen atoms in total. The third-order valence-electron chi connectivity index (χ3n) is 6.14. The van der Waals surface area contributed by atoms with Gasteiger partial charge in [0.1, 0.15) is 0 Å². The summed E-state index contributed by atoms with van der Waals surface area (Å²) >= 11 is 0. The van der Waals surface area contributed by atoms with E-state index >= 15 is 0 Å². The van der Waals surface area contributed by atoms with Gasteiger partial charge in [0, 0.05) is 49.0 Å². The molecule has 1 aromatic heterocycles. The Morgan fingerprint density at radius 3 is 2.69 bits per heavy atom. The van der Waals surface area contributed by atoms with Crippen LogP contribution in [0.4, 0.5) is 4.79 Å². The third-order valence-corrected chi connectivity index (χ3v) is 6.14. The highest BCUT2D eigenvalue weighted by Crippen LogP contribution is 2.39. The van der Waals surface area contributed by atoms with Gasteiger partial charge in [-0.2, -0.15) is 0 Å². The molecule has 0 aromatic carbocycles. The highest BCUT2D eigenvalue weighted by atomic mass is 16.6. The standard InChI is InChI=1S/C21H33N3O2/c1-4-26-20(25)24-14-6-13-23(15-16-24)18-9-11-21(3,12-10-18)19-8-5-7-17(2)22-19/h5,7-8,18H,4,6,9-16H2,1-3H3. The number of amides is 1. The molecule has 1 aromatic rings. The molecule has 1 amide bonds. The molecule has 3 rings (SSSR count). The summed E-state index contributed by atoms with van der Waals surface area (Å²) in [5.41, 5.74) is 2.56. The van der Waals surface area contributed by atoms with Gasteiger partial charge in [0.25, 0.3) is 0 Å². The van der Waals surface area contributed by atoms with Crippen molar-refractivity contribution in [1.82, 2.24) is 14.8 Å². The van der Waals surface area contributed by atoms with Crippen molar-refractivity contribution >= 4 is 6.09 Å². The highest BCUT2D eigenvalue weighted by Gasteiger charge is 2.36. The van der Waals surface area contributed by atoms with Crippen LogP contribution in [0.1, 0.15) is 57.3 Å². The predicted molar refractivity (Wildman–Crippen MR) is 103 cm³/mol. The molecule has 0 unspecified atom stereocenters. The molecule has 0 bridgehead atoms. The van der Waals surface area contributed by atoms with E-state index < -0.39 is 0 Å². The number of carbonyl (C=O) groups excluding carboxylic acids is 1. The zero-order chi connectivity index (χ0) is 18.6. The summed E-state index contributed by atoms with van der Waals surface area (Å²) in [5, 5.41) is 0. The Morgan fingerprint density at radius 2 is 2.00 bits per heavy atom. The minimum absolute atomic E-state index is 0.156. The van der Waals surface area contributed by atoms with Gasteiger partial charge in [-0.15, -0.1) is 0 Å². The quantitative estimate of drug-likeness (QED) is 0.824. The van der Waals surface area contributed by atoms with Crippen LogP contribution in [0.15, 0.2) is 18.2 Å². The monoisotopic (exact) mass is 359 g/mol. The number of hydrogen-bond donors (Lipinski definition) is 0. The molecule has 0 atom stereocenters. The molecule has 5 heteroatoms. The van der Waals surface area contributed by atoms with Crippen molar-refractivity contribution < 1.29 is 9.53 Å². The molecule has 1 aliphatic heterocycles.